The molecule has 2 aromatic carbocycles. The lowest BCUT2D eigenvalue weighted by Gasteiger charge is -2.36. The van der Waals surface area contributed by atoms with E-state index in [9.17, 15) is 0 Å². The van der Waals surface area contributed by atoms with E-state index >= 15 is 0 Å². The summed E-state index contributed by atoms with van der Waals surface area (Å²) in [5.41, 5.74) is 5.21. The molecule has 5 nitrogen and oxygen atoms in total. The monoisotopic (exact) mass is 372 g/mol. The van der Waals surface area contributed by atoms with Crippen LogP contribution in [0.15, 0.2) is 52.9 Å². The first-order valence-electron chi connectivity index (χ1n) is 9.97. The van der Waals surface area contributed by atoms with Crippen molar-refractivity contribution in [2.75, 3.05) is 36.0 Å². The number of fused-ring (bicyclic) bond motifs is 3. The van der Waals surface area contributed by atoms with E-state index < -0.39 is 0 Å². The number of hydrogen-bond donors (Lipinski definition) is 0. The van der Waals surface area contributed by atoms with Gasteiger partial charge in [-0.15, -0.1) is 0 Å². The Hall–Kier alpha value is -3.08. The zero-order chi connectivity index (χ0) is 19.1. The molecule has 2 aromatic heterocycles. The number of aryl methyl sites for hydroxylation is 2. The number of para-hydroxylation sites is 1. The van der Waals surface area contributed by atoms with E-state index in [-0.39, 0.29) is 0 Å². The summed E-state index contributed by atoms with van der Waals surface area (Å²) in [6.07, 6.45) is 0.811. The van der Waals surface area contributed by atoms with E-state index in [2.05, 4.69) is 54.0 Å². The Morgan fingerprint density at radius 3 is 2.50 bits per heavy atom. The lowest BCUT2D eigenvalue weighted by atomic mass is 10.2. The van der Waals surface area contributed by atoms with Crippen LogP contribution in [0, 0.1) is 6.92 Å². The Labute approximate surface area is 164 Å². The topological polar surface area (TPSA) is 45.4 Å². The highest BCUT2D eigenvalue weighted by Gasteiger charge is 2.24. The molecule has 1 aliphatic rings. The van der Waals surface area contributed by atoms with Crippen LogP contribution in [-0.4, -0.2) is 36.1 Å². The minimum atomic E-state index is 0.808. The van der Waals surface area contributed by atoms with Gasteiger partial charge in [0.05, 0.1) is 0 Å². The number of aromatic nitrogens is 2. The van der Waals surface area contributed by atoms with Gasteiger partial charge in [-0.3, -0.25) is 0 Å². The summed E-state index contributed by atoms with van der Waals surface area (Å²) in [7, 11) is 0. The summed E-state index contributed by atoms with van der Waals surface area (Å²) >= 11 is 0. The molecule has 1 saturated heterocycles. The third kappa shape index (κ3) is 2.87. The fourth-order valence-corrected chi connectivity index (χ4v) is 4.00. The number of anilines is 2. The molecule has 1 aliphatic heterocycles. The summed E-state index contributed by atoms with van der Waals surface area (Å²) in [4.78, 5) is 14.4. The van der Waals surface area contributed by atoms with Gasteiger partial charge in [-0.05, 0) is 36.8 Å². The predicted molar refractivity (Wildman–Crippen MR) is 114 cm³/mol. The van der Waals surface area contributed by atoms with Crippen molar-refractivity contribution in [2.45, 2.75) is 20.3 Å². The van der Waals surface area contributed by atoms with Crippen LogP contribution in [0.25, 0.3) is 22.1 Å². The van der Waals surface area contributed by atoms with Gasteiger partial charge in [0, 0.05) is 43.7 Å². The molecule has 5 rings (SSSR count). The average molecular weight is 372 g/mol. The molecular weight excluding hydrogens is 348 g/mol. The van der Waals surface area contributed by atoms with E-state index in [1.807, 2.05) is 18.2 Å². The molecule has 0 spiro atoms. The second kappa shape index (κ2) is 6.82. The molecular formula is C23H24N4O. The van der Waals surface area contributed by atoms with Crippen molar-refractivity contribution in [3.8, 4) is 0 Å². The molecule has 142 valence electrons. The minimum absolute atomic E-state index is 0.808. The number of benzene rings is 2. The molecule has 1 fully saturated rings. The van der Waals surface area contributed by atoms with E-state index in [1.54, 1.807) is 0 Å². The summed E-state index contributed by atoms with van der Waals surface area (Å²) in [6.45, 7) is 8.02. The van der Waals surface area contributed by atoms with Crippen molar-refractivity contribution in [1.29, 1.82) is 0 Å². The maximum absolute atomic E-state index is 6.18. The number of nitrogens with zero attached hydrogens (tertiary/aromatic N) is 4. The second-order valence-electron chi connectivity index (χ2n) is 7.41. The first kappa shape index (κ1) is 17.0. The highest BCUT2D eigenvalue weighted by molar-refractivity contribution is 6.05. The minimum Gasteiger partial charge on any atom is -0.450 e. The largest absolute Gasteiger partial charge is 0.450 e. The Bertz CT molecular complexity index is 1140. The lowest BCUT2D eigenvalue weighted by molar-refractivity contribution is 0.627. The third-order valence-electron chi connectivity index (χ3n) is 5.51. The SMILES string of the molecule is CCc1nc(N2CCN(c3cccc(C)c3)CC2)c2oc3ccccc3c2n1. The zero-order valence-corrected chi connectivity index (χ0v) is 16.4. The zero-order valence-electron chi connectivity index (χ0n) is 16.4. The average Bonchev–Trinajstić information content (AvgIpc) is 3.12. The third-order valence-corrected chi connectivity index (χ3v) is 5.51. The van der Waals surface area contributed by atoms with Crippen molar-refractivity contribution in [1.82, 2.24) is 9.97 Å². The number of furan rings is 1. The summed E-state index contributed by atoms with van der Waals surface area (Å²) in [6, 6.07) is 16.8. The first-order valence-corrected chi connectivity index (χ1v) is 9.97. The fraction of sp³-hybridized carbons (Fsp3) is 0.304. The molecule has 3 heterocycles. The Morgan fingerprint density at radius 2 is 1.71 bits per heavy atom. The molecule has 0 amide bonds. The second-order valence-corrected chi connectivity index (χ2v) is 7.41. The Balaban J connectivity index is 1.49. The summed E-state index contributed by atoms with van der Waals surface area (Å²) in [5.74, 6) is 1.80. The van der Waals surface area contributed by atoms with Crippen LogP contribution < -0.4 is 9.80 Å². The molecule has 0 radical (unpaired) electrons. The van der Waals surface area contributed by atoms with Crippen LogP contribution in [0.3, 0.4) is 0 Å². The molecule has 0 bridgehead atoms. The molecule has 28 heavy (non-hydrogen) atoms. The van der Waals surface area contributed by atoms with Gasteiger partial charge in [-0.25, -0.2) is 9.97 Å². The Morgan fingerprint density at radius 1 is 0.929 bits per heavy atom. The van der Waals surface area contributed by atoms with Crippen molar-refractivity contribution >= 4 is 33.6 Å². The summed E-state index contributed by atoms with van der Waals surface area (Å²) in [5, 5.41) is 1.06. The van der Waals surface area contributed by atoms with Gasteiger partial charge in [0.2, 0.25) is 0 Å². The van der Waals surface area contributed by atoms with Crippen LogP contribution in [0.4, 0.5) is 11.5 Å². The van der Waals surface area contributed by atoms with Gasteiger partial charge in [-0.1, -0.05) is 31.2 Å². The van der Waals surface area contributed by atoms with Gasteiger partial charge < -0.3 is 14.2 Å². The fourth-order valence-electron chi connectivity index (χ4n) is 4.00. The molecule has 0 N–H and O–H groups in total. The molecule has 0 atom stereocenters. The predicted octanol–water partition coefficient (Wildman–Crippen LogP) is 4.57. The van der Waals surface area contributed by atoms with Crippen molar-refractivity contribution < 1.29 is 4.42 Å². The van der Waals surface area contributed by atoms with Crippen molar-refractivity contribution in [3.05, 3.63) is 59.9 Å². The highest BCUT2D eigenvalue weighted by Crippen LogP contribution is 2.33. The van der Waals surface area contributed by atoms with Crippen LogP contribution in [0.1, 0.15) is 18.3 Å². The quantitative estimate of drug-likeness (QED) is 0.527. The van der Waals surface area contributed by atoms with Gasteiger partial charge in [0.1, 0.15) is 16.9 Å². The van der Waals surface area contributed by atoms with Gasteiger partial charge in [0.15, 0.2) is 11.4 Å². The van der Waals surface area contributed by atoms with Gasteiger partial charge >= 0.3 is 0 Å². The number of hydrogen-bond acceptors (Lipinski definition) is 5. The number of piperazine rings is 1. The van der Waals surface area contributed by atoms with Crippen molar-refractivity contribution in [3.63, 3.8) is 0 Å². The lowest BCUT2D eigenvalue weighted by Crippen LogP contribution is -2.47. The van der Waals surface area contributed by atoms with Crippen LogP contribution >= 0.6 is 0 Å². The van der Waals surface area contributed by atoms with E-state index in [0.29, 0.717) is 0 Å². The van der Waals surface area contributed by atoms with Gasteiger partial charge in [-0.2, -0.15) is 0 Å². The first-order chi connectivity index (χ1) is 13.7. The molecule has 0 aliphatic carbocycles. The molecule has 0 unspecified atom stereocenters. The normalized spacial score (nSPS) is 14.9. The highest BCUT2D eigenvalue weighted by atomic mass is 16.3. The molecule has 5 heteroatoms. The maximum atomic E-state index is 6.18. The maximum Gasteiger partial charge on any atom is 0.196 e. The van der Waals surface area contributed by atoms with E-state index in [4.69, 9.17) is 14.4 Å². The molecule has 0 saturated carbocycles. The Kier molecular flexibility index (Phi) is 4.15. The van der Waals surface area contributed by atoms with Gasteiger partial charge in [0.25, 0.3) is 0 Å². The summed E-state index contributed by atoms with van der Waals surface area (Å²) < 4.78 is 6.18. The van der Waals surface area contributed by atoms with Crippen molar-refractivity contribution in [2.24, 2.45) is 0 Å². The molecule has 4 aromatic rings. The smallest absolute Gasteiger partial charge is 0.196 e. The standard InChI is InChI=1S/C23H24N4O/c1-3-20-24-21-18-9-4-5-10-19(18)28-22(21)23(25-20)27-13-11-26(12-14-27)17-8-6-7-16(2)15-17/h4-10,15H,3,11-14H2,1-2H3. The van der Waals surface area contributed by atoms with Crippen LogP contribution in [0.5, 0.6) is 0 Å². The van der Waals surface area contributed by atoms with Crippen LogP contribution in [-0.2, 0) is 6.42 Å². The van der Waals surface area contributed by atoms with Crippen LogP contribution in [0.2, 0.25) is 0 Å². The number of rotatable bonds is 3. The van der Waals surface area contributed by atoms with E-state index in [1.165, 1.54) is 11.3 Å². The van der Waals surface area contributed by atoms with E-state index in [0.717, 1.165) is 66.3 Å².